The smallest absolute Gasteiger partial charge is 0.220 e. The molecule has 0 amide bonds. The van der Waals surface area contributed by atoms with Gasteiger partial charge in [-0.2, -0.15) is 0 Å². The van der Waals surface area contributed by atoms with E-state index in [-0.39, 0.29) is 6.10 Å². The molecule has 1 aromatic carbocycles. The van der Waals surface area contributed by atoms with Crippen molar-refractivity contribution in [3.63, 3.8) is 0 Å². The average Bonchev–Trinajstić information content (AvgIpc) is 2.35. The summed E-state index contributed by atoms with van der Waals surface area (Å²) in [5, 5.41) is 9.45. The molecule has 1 aromatic rings. The fraction of sp³-hybridized carbons (Fsp3) is 0.385. The molecule has 3 atom stereocenters. The Morgan fingerprint density at radius 2 is 1.76 bits per heavy atom. The van der Waals surface area contributed by atoms with Gasteiger partial charge in [-0.25, -0.2) is 0 Å². The van der Waals surface area contributed by atoms with Gasteiger partial charge in [-0.05, 0) is 37.3 Å². The summed E-state index contributed by atoms with van der Waals surface area (Å²) in [7, 11) is 1.62. The molecule has 1 N–H and O–H groups in total. The van der Waals surface area contributed by atoms with E-state index >= 15 is 0 Å². The zero-order chi connectivity index (χ0) is 12.3. The van der Waals surface area contributed by atoms with Gasteiger partial charge in [-0.1, -0.05) is 6.08 Å². The Bertz CT molecular complexity index is 385. The third-order valence-electron chi connectivity index (χ3n) is 2.61. The van der Waals surface area contributed by atoms with Gasteiger partial charge in [-0.15, -0.1) is 0 Å². The number of aliphatic hydroxyl groups excluding tert-OH is 1. The second kappa shape index (κ2) is 5.21. The first-order chi connectivity index (χ1) is 8.19. The molecule has 4 nitrogen and oxygen atoms in total. The highest BCUT2D eigenvalue weighted by atomic mass is 16.7. The highest BCUT2D eigenvalue weighted by Gasteiger charge is 2.22. The van der Waals surface area contributed by atoms with Gasteiger partial charge in [0, 0.05) is 0 Å². The Morgan fingerprint density at radius 3 is 2.35 bits per heavy atom. The highest BCUT2D eigenvalue weighted by molar-refractivity contribution is 5.31. The molecule has 1 aliphatic heterocycles. The van der Waals surface area contributed by atoms with Crippen LogP contribution >= 0.6 is 0 Å². The molecule has 0 saturated carbocycles. The third-order valence-corrected chi connectivity index (χ3v) is 2.61. The SMILES string of the molecule is COc1ccc(O[C@H]2C=C[C@H](O)[C@H](C)O2)cc1. The van der Waals surface area contributed by atoms with E-state index in [0.717, 1.165) is 5.75 Å². The maximum Gasteiger partial charge on any atom is 0.220 e. The van der Waals surface area contributed by atoms with Crippen molar-refractivity contribution in [1.82, 2.24) is 0 Å². The van der Waals surface area contributed by atoms with Gasteiger partial charge in [0.15, 0.2) is 0 Å². The van der Waals surface area contributed by atoms with Crippen molar-refractivity contribution in [2.45, 2.75) is 25.4 Å². The minimum Gasteiger partial charge on any atom is -0.497 e. The summed E-state index contributed by atoms with van der Waals surface area (Å²) in [5.41, 5.74) is 0. The number of aliphatic hydroxyl groups is 1. The molecule has 0 aliphatic carbocycles. The molecule has 0 aromatic heterocycles. The van der Waals surface area contributed by atoms with Crippen molar-refractivity contribution < 1.29 is 19.3 Å². The summed E-state index contributed by atoms with van der Waals surface area (Å²) in [5.74, 6) is 1.48. The third kappa shape index (κ3) is 2.99. The molecule has 0 radical (unpaired) electrons. The molecule has 0 saturated heterocycles. The van der Waals surface area contributed by atoms with E-state index in [1.807, 2.05) is 24.3 Å². The van der Waals surface area contributed by atoms with Crippen molar-refractivity contribution in [2.24, 2.45) is 0 Å². The Hall–Kier alpha value is -1.52. The number of hydrogen-bond donors (Lipinski definition) is 1. The van der Waals surface area contributed by atoms with Gasteiger partial charge in [0.1, 0.15) is 11.5 Å². The summed E-state index contributed by atoms with van der Waals surface area (Å²) in [6.45, 7) is 1.80. The van der Waals surface area contributed by atoms with Crippen LogP contribution < -0.4 is 9.47 Å². The molecule has 4 heteroatoms. The van der Waals surface area contributed by atoms with Gasteiger partial charge in [0.25, 0.3) is 0 Å². The average molecular weight is 236 g/mol. The van der Waals surface area contributed by atoms with Crippen molar-refractivity contribution in [3.05, 3.63) is 36.4 Å². The van der Waals surface area contributed by atoms with E-state index < -0.39 is 12.4 Å². The second-order valence-corrected chi connectivity index (χ2v) is 3.88. The first-order valence-corrected chi connectivity index (χ1v) is 5.51. The Morgan fingerprint density at radius 1 is 1.12 bits per heavy atom. The van der Waals surface area contributed by atoms with Gasteiger partial charge in [0.05, 0.1) is 19.3 Å². The lowest BCUT2D eigenvalue weighted by molar-refractivity contribution is -0.122. The summed E-state index contributed by atoms with van der Waals surface area (Å²) in [6.07, 6.45) is 2.10. The lowest BCUT2D eigenvalue weighted by Crippen LogP contribution is -2.35. The minimum absolute atomic E-state index is 0.261. The van der Waals surface area contributed by atoms with Crippen LogP contribution in [0, 0.1) is 0 Å². The van der Waals surface area contributed by atoms with Gasteiger partial charge >= 0.3 is 0 Å². The number of ether oxygens (including phenoxy) is 3. The molecular formula is C13H16O4. The van der Waals surface area contributed by atoms with E-state index in [1.165, 1.54) is 0 Å². The van der Waals surface area contributed by atoms with E-state index in [0.29, 0.717) is 5.75 Å². The van der Waals surface area contributed by atoms with Crippen LogP contribution in [0.25, 0.3) is 0 Å². The van der Waals surface area contributed by atoms with Crippen LogP contribution in [0.15, 0.2) is 36.4 Å². The molecule has 1 heterocycles. The summed E-state index contributed by atoms with van der Waals surface area (Å²) in [6, 6.07) is 7.26. The van der Waals surface area contributed by atoms with Gasteiger partial charge in [0.2, 0.25) is 6.29 Å². The first kappa shape index (κ1) is 12.0. The Balaban J connectivity index is 1.99. The number of hydrogen-bond acceptors (Lipinski definition) is 4. The molecule has 92 valence electrons. The molecule has 0 bridgehead atoms. The van der Waals surface area contributed by atoms with Gasteiger partial charge < -0.3 is 19.3 Å². The summed E-state index contributed by atoms with van der Waals surface area (Å²) < 4.78 is 16.1. The van der Waals surface area contributed by atoms with Crippen molar-refractivity contribution in [2.75, 3.05) is 7.11 Å². The molecule has 17 heavy (non-hydrogen) atoms. The van der Waals surface area contributed by atoms with E-state index in [2.05, 4.69) is 0 Å². The number of benzene rings is 1. The fourth-order valence-electron chi connectivity index (χ4n) is 1.55. The second-order valence-electron chi connectivity index (χ2n) is 3.88. The van der Waals surface area contributed by atoms with Crippen molar-refractivity contribution in [3.8, 4) is 11.5 Å². The molecule has 1 aliphatic rings. The molecule has 0 spiro atoms. The first-order valence-electron chi connectivity index (χ1n) is 5.51. The number of methoxy groups -OCH3 is 1. The van der Waals surface area contributed by atoms with E-state index in [1.54, 1.807) is 26.2 Å². The van der Waals surface area contributed by atoms with E-state index in [4.69, 9.17) is 14.2 Å². The quantitative estimate of drug-likeness (QED) is 0.812. The molecule has 0 fully saturated rings. The van der Waals surface area contributed by atoms with Crippen LogP contribution in [0.5, 0.6) is 11.5 Å². The highest BCUT2D eigenvalue weighted by Crippen LogP contribution is 2.21. The topological polar surface area (TPSA) is 47.9 Å². The van der Waals surface area contributed by atoms with Gasteiger partial charge in [-0.3, -0.25) is 0 Å². The zero-order valence-corrected chi connectivity index (χ0v) is 9.87. The van der Waals surface area contributed by atoms with Crippen molar-refractivity contribution >= 4 is 0 Å². The monoisotopic (exact) mass is 236 g/mol. The Kier molecular flexibility index (Phi) is 3.66. The van der Waals surface area contributed by atoms with Crippen LogP contribution in [0.1, 0.15) is 6.92 Å². The maximum atomic E-state index is 9.45. The number of rotatable bonds is 3. The maximum absolute atomic E-state index is 9.45. The van der Waals surface area contributed by atoms with E-state index in [9.17, 15) is 5.11 Å². The lowest BCUT2D eigenvalue weighted by atomic mass is 10.2. The largest absolute Gasteiger partial charge is 0.497 e. The van der Waals surface area contributed by atoms with Crippen LogP contribution in [-0.4, -0.2) is 30.7 Å². The minimum atomic E-state index is -0.564. The Labute approximate surface area is 100 Å². The standard InChI is InChI=1S/C13H16O4/c1-9-12(14)7-8-13(16-9)17-11-5-3-10(15-2)4-6-11/h3-9,12-14H,1-2H3/t9-,12-,13-/m0/s1. The summed E-state index contributed by atoms with van der Waals surface area (Å²) in [4.78, 5) is 0. The van der Waals surface area contributed by atoms with Crippen LogP contribution in [0.2, 0.25) is 0 Å². The molecule has 2 rings (SSSR count). The molecular weight excluding hydrogens is 220 g/mol. The summed E-state index contributed by atoms with van der Waals surface area (Å²) >= 11 is 0. The van der Waals surface area contributed by atoms with Crippen LogP contribution in [0.4, 0.5) is 0 Å². The normalized spacial score (nSPS) is 27.8. The van der Waals surface area contributed by atoms with Crippen LogP contribution in [0.3, 0.4) is 0 Å². The predicted molar refractivity (Wildman–Crippen MR) is 63.1 cm³/mol. The van der Waals surface area contributed by atoms with Crippen molar-refractivity contribution in [1.29, 1.82) is 0 Å². The predicted octanol–water partition coefficient (Wildman–Crippen LogP) is 1.74. The fourth-order valence-corrected chi connectivity index (χ4v) is 1.55. The lowest BCUT2D eigenvalue weighted by Gasteiger charge is -2.27. The zero-order valence-electron chi connectivity index (χ0n) is 9.87. The molecule has 0 unspecified atom stereocenters. The van der Waals surface area contributed by atoms with Crippen LogP contribution in [-0.2, 0) is 4.74 Å².